The molecule has 7 heteroatoms. The van der Waals surface area contributed by atoms with Crippen LogP contribution in [0.2, 0.25) is 0 Å². The van der Waals surface area contributed by atoms with Crippen molar-refractivity contribution in [1.82, 2.24) is 10.2 Å². The van der Waals surface area contributed by atoms with Crippen molar-refractivity contribution in [3.05, 3.63) is 36.9 Å². The lowest BCUT2D eigenvalue weighted by molar-refractivity contribution is 0.342. The molecule has 0 radical (unpaired) electrons. The van der Waals surface area contributed by atoms with Gasteiger partial charge in [-0.15, -0.1) is 16.8 Å². The van der Waals surface area contributed by atoms with E-state index in [-0.39, 0.29) is 0 Å². The van der Waals surface area contributed by atoms with Crippen molar-refractivity contribution in [2.24, 2.45) is 0 Å². The molecule has 0 aliphatic heterocycles. The molecule has 1 heterocycles. The number of nitrogens with one attached hydrogen (secondary N) is 1. The first-order chi connectivity index (χ1) is 10.3. The third-order valence-electron chi connectivity index (χ3n) is 2.44. The van der Waals surface area contributed by atoms with Crippen molar-refractivity contribution >= 4 is 28.2 Å². The van der Waals surface area contributed by atoms with Crippen LogP contribution >= 0.6 is 23.1 Å². The highest BCUT2D eigenvalue weighted by atomic mass is 32.2. The minimum Gasteiger partial charge on any atom is -0.497 e. The van der Waals surface area contributed by atoms with Crippen molar-refractivity contribution in [2.75, 3.05) is 31.3 Å². The smallest absolute Gasteiger partial charge is 0.206 e. The highest BCUT2D eigenvalue weighted by Gasteiger charge is 2.04. The van der Waals surface area contributed by atoms with Gasteiger partial charge < -0.3 is 14.8 Å². The average Bonchev–Trinajstić information content (AvgIpc) is 2.98. The summed E-state index contributed by atoms with van der Waals surface area (Å²) in [5, 5.41) is 12.1. The lowest BCUT2D eigenvalue weighted by Crippen LogP contribution is -1.99. The predicted octanol–water partition coefficient (Wildman–Crippen LogP) is 3.32. The monoisotopic (exact) mass is 323 g/mol. The number of nitrogens with zero attached hydrogens (tertiary/aromatic N) is 2. The van der Waals surface area contributed by atoms with E-state index < -0.39 is 0 Å². The summed E-state index contributed by atoms with van der Waals surface area (Å²) >= 11 is 3.16. The second-order valence-electron chi connectivity index (χ2n) is 3.92. The molecule has 0 aliphatic carbocycles. The standard InChI is InChI=1S/C14H17N3O2S2/c1-3-8-15-13-16-17-14(21-13)20-10-9-19-12-6-4-11(18-2)5-7-12/h3-7H,1,8-10H2,2H3,(H,15,16). The van der Waals surface area contributed by atoms with Crippen LogP contribution in [0.4, 0.5) is 5.13 Å². The number of anilines is 1. The number of ether oxygens (including phenoxy) is 2. The van der Waals surface area contributed by atoms with Crippen LogP contribution < -0.4 is 14.8 Å². The molecule has 21 heavy (non-hydrogen) atoms. The van der Waals surface area contributed by atoms with E-state index in [1.807, 2.05) is 24.3 Å². The Hall–Kier alpha value is -1.73. The fourth-order valence-corrected chi connectivity index (χ4v) is 3.11. The lowest BCUT2D eigenvalue weighted by atomic mass is 10.3. The first kappa shape index (κ1) is 15.7. The zero-order valence-electron chi connectivity index (χ0n) is 11.7. The number of hydrogen-bond donors (Lipinski definition) is 1. The van der Waals surface area contributed by atoms with Gasteiger partial charge in [0.15, 0.2) is 4.34 Å². The summed E-state index contributed by atoms with van der Waals surface area (Å²) in [5.41, 5.74) is 0. The van der Waals surface area contributed by atoms with Gasteiger partial charge in [-0.2, -0.15) is 0 Å². The van der Waals surface area contributed by atoms with Gasteiger partial charge in [0.1, 0.15) is 11.5 Å². The zero-order valence-corrected chi connectivity index (χ0v) is 13.4. The van der Waals surface area contributed by atoms with E-state index >= 15 is 0 Å². The van der Waals surface area contributed by atoms with E-state index in [4.69, 9.17) is 9.47 Å². The Labute approximate surface area is 132 Å². The van der Waals surface area contributed by atoms with Crippen LogP contribution in [0.25, 0.3) is 0 Å². The maximum absolute atomic E-state index is 5.65. The molecular formula is C14H17N3O2S2. The van der Waals surface area contributed by atoms with Crippen LogP contribution in [0.3, 0.4) is 0 Å². The van der Waals surface area contributed by atoms with Gasteiger partial charge >= 0.3 is 0 Å². The Kier molecular flexibility index (Phi) is 6.36. The molecular weight excluding hydrogens is 306 g/mol. The molecule has 5 nitrogen and oxygen atoms in total. The van der Waals surface area contributed by atoms with Gasteiger partial charge in [0.2, 0.25) is 5.13 Å². The van der Waals surface area contributed by atoms with Gasteiger partial charge in [0.25, 0.3) is 0 Å². The van der Waals surface area contributed by atoms with Crippen LogP contribution in [-0.4, -0.2) is 36.2 Å². The maximum atomic E-state index is 5.65. The highest BCUT2D eigenvalue weighted by molar-refractivity contribution is 8.01. The molecule has 2 aromatic rings. The summed E-state index contributed by atoms with van der Waals surface area (Å²) in [6.45, 7) is 4.96. The third-order valence-corrected chi connectivity index (χ3v) is 4.42. The molecule has 1 aromatic heterocycles. The normalized spacial score (nSPS) is 10.1. The molecule has 1 aromatic carbocycles. The summed E-state index contributed by atoms with van der Waals surface area (Å²) < 4.78 is 11.7. The number of hydrogen-bond acceptors (Lipinski definition) is 7. The number of aromatic nitrogens is 2. The SMILES string of the molecule is C=CCNc1nnc(SCCOc2ccc(OC)cc2)s1. The van der Waals surface area contributed by atoms with Gasteiger partial charge in [-0.05, 0) is 24.3 Å². The van der Waals surface area contributed by atoms with Gasteiger partial charge in [0, 0.05) is 12.3 Å². The van der Waals surface area contributed by atoms with E-state index in [1.54, 1.807) is 24.9 Å². The summed E-state index contributed by atoms with van der Waals surface area (Å²) in [7, 11) is 1.65. The molecule has 0 aliphatic rings. The van der Waals surface area contributed by atoms with Crippen molar-refractivity contribution in [3.8, 4) is 11.5 Å². The van der Waals surface area contributed by atoms with E-state index in [2.05, 4.69) is 22.1 Å². The minimum absolute atomic E-state index is 0.617. The largest absolute Gasteiger partial charge is 0.497 e. The third kappa shape index (κ3) is 5.28. The van der Waals surface area contributed by atoms with Crippen molar-refractivity contribution < 1.29 is 9.47 Å². The predicted molar refractivity (Wildman–Crippen MR) is 87.8 cm³/mol. The fraction of sp³-hybridized carbons (Fsp3) is 0.286. The molecule has 0 atom stereocenters. The van der Waals surface area contributed by atoms with Crippen LogP contribution in [0.15, 0.2) is 41.3 Å². The topological polar surface area (TPSA) is 56.3 Å². The number of rotatable bonds is 9. The molecule has 0 saturated carbocycles. The van der Waals surface area contributed by atoms with Crippen molar-refractivity contribution in [2.45, 2.75) is 4.34 Å². The minimum atomic E-state index is 0.617. The number of benzene rings is 1. The molecule has 112 valence electrons. The van der Waals surface area contributed by atoms with E-state index in [0.717, 1.165) is 26.7 Å². The molecule has 2 rings (SSSR count). The van der Waals surface area contributed by atoms with Crippen LogP contribution in [0, 0.1) is 0 Å². The van der Waals surface area contributed by atoms with Crippen LogP contribution in [-0.2, 0) is 0 Å². The average molecular weight is 323 g/mol. The Balaban J connectivity index is 1.68. The van der Waals surface area contributed by atoms with Gasteiger partial charge in [-0.1, -0.05) is 29.2 Å². The Morgan fingerprint density at radius 3 is 2.76 bits per heavy atom. The van der Waals surface area contributed by atoms with Crippen molar-refractivity contribution in [3.63, 3.8) is 0 Å². The molecule has 0 bridgehead atoms. The maximum Gasteiger partial charge on any atom is 0.206 e. The summed E-state index contributed by atoms with van der Waals surface area (Å²) in [6.07, 6.45) is 1.79. The lowest BCUT2D eigenvalue weighted by Gasteiger charge is -2.05. The number of thioether (sulfide) groups is 1. The summed E-state index contributed by atoms with van der Waals surface area (Å²) in [4.78, 5) is 0. The van der Waals surface area contributed by atoms with E-state index in [0.29, 0.717) is 13.2 Å². The van der Waals surface area contributed by atoms with Gasteiger partial charge in [0.05, 0.1) is 13.7 Å². The first-order valence-electron chi connectivity index (χ1n) is 6.39. The van der Waals surface area contributed by atoms with Gasteiger partial charge in [-0.3, -0.25) is 0 Å². The van der Waals surface area contributed by atoms with Crippen LogP contribution in [0.1, 0.15) is 0 Å². The Morgan fingerprint density at radius 2 is 2.05 bits per heavy atom. The molecule has 0 saturated heterocycles. The van der Waals surface area contributed by atoms with Crippen LogP contribution in [0.5, 0.6) is 11.5 Å². The molecule has 0 amide bonds. The summed E-state index contributed by atoms with van der Waals surface area (Å²) in [6, 6.07) is 7.55. The van der Waals surface area contributed by atoms with E-state index in [9.17, 15) is 0 Å². The first-order valence-corrected chi connectivity index (χ1v) is 8.20. The zero-order chi connectivity index (χ0) is 14.9. The second kappa shape index (κ2) is 8.53. The molecule has 0 spiro atoms. The fourth-order valence-electron chi connectivity index (χ4n) is 1.46. The summed E-state index contributed by atoms with van der Waals surface area (Å²) in [5.74, 6) is 2.48. The molecule has 1 N–H and O–H groups in total. The quantitative estimate of drug-likeness (QED) is 0.434. The Morgan fingerprint density at radius 1 is 1.29 bits per heavy atom. The Bertz CT molecular complexity index is 558. The van der Waals surface area contributed by atoms with E-state index in [1.165, 1.54) is 11.3 Å². The van der Waals surface area contributed by atoms with Crippen molar-refractivity contribution in [1.29, 1.82) is 0 Å². The molecule has 0 fully saturated rings. The second-order valence-corrected chi connectivity index (χ2v) is 6.23. The highest BCUT2D eigenvalue weighted by Crippen LogP contribution is 2.25. The molecule has 0 unspecified atom stereocenters. The number of methoxy groups -OCH3 is 1. The van der Waals surface area contributed by atoms with Gasteiger partial charge in [-0.25, -0.2) is 0 Å².